The lowest BCUT2D eigenvalue weighted by atomic mass is 10.0. The van der Waals surface area contributed by atoms with Crippen molar-refractivity contribution in [2.24, 2.45) is 0 Å². The van der Waals surface area contributed by atoms with E-state index in [1.54, 1.807) is 24.3 Å². The molecule has 0 aliphatic carbocycles. The monoisotopic (exact) mass is 363 g/mol. The number of ether oxygens (including phenoxy) is 2. The molecule has 0 amide bonds. The van der Waals surface area contributed by atoms with E-state index >= 15 is 0 Å². The summed E-state index contributed by atoms with van der Waals surface area (Å²) in [6.07, 6.45) is 0. The molecule has 3 aromatic rings. The average Bonchev–Trinajstić information content (AvgIpc) is 2.61. The van der Waals surface area contributed by atoms with Gasteiger partial charge >= 0.3 is 23.5 Å². The number of hydrogen-bond donors (Lipinski definition) is 0. The van der Waals surface area contributed by atoms with E-state index in [0.29, 0.717) is 17.3 Å². The molecule has 5 heteroatoms. The number of aryl methyl sites for hydroxylation is 1. The first kappa shape index (κ1) is 18.3. The number of hydrogen-bond acceptors (Lipinski definition) is 4. The van der Waals surface area contributed by atoms with Crippen molar-refractivity contribution >= 4 is 11.9 Å². The Morgan fingerprint density at radius 2 is 1.19 bits per heavy atom. The van der Waals surface area contributed by atoms with Crippen LogP contribution in [-0.2, 0) is 9.59 Å². The van der Waals surface area contributed by atoms with Crippen LogP contribution in [0.2, 0.25) is 0 Å². The van der Waals surface area contributed by atoms with Crippen LogP contribution in [0.5, 0.6) is 11.5 Å². The molecule has 0 bridgehead atoms. The molecule has 136 valence electrons. The summed E-state index contributed by atoms with van der Waals surface area (Å²) in [7, 11) is 0. The van der Waals surface area contributed by atoms with E-state index in [1.165, 1.54) is 13.8 Å². The van der Waals surface area contributed by atoms with Crippen molar-refractivity contribution in [3.05, 3.63) is 66.4 Å². The van der Waals surface area contributed by atoms with E-state index in [0.717, 1.165) is 22.5 Å². The Kier molecular flexibility index (Phi) is 5.31. The van der Waals surface area contributed by atoms with Gasteiger partial charge in [-0.15, -0.1) is 0 Å². The van der Waals surface area contributed by atoms with Gasteiger partial charge < -0.3 is 9.47 Å². The molecule has 27 heavy (non-hydrogen) atoms. The Morgan fingerprint density at radius 3 is 1.67 bits per heavy atom. The molecule has 0 spiro atoms. The molecule has 2 aromatic carbocycles. The predicted octanol–water partition coefficient (Wildman–Crippen LogP) is 5.05. The highest BCUT2D eigenvalue weighted by Crippen LogP contribution is 2.30. The van der Waals surface area contributed by atoms with E-state index in [-0.39, 0.29) is 11.9 Å². The Bertz CT molecular complexity index is 895. The minimum Gasteiger partial charge on any atom is -0.427 e. The number of esters is 2. The Labute approximate surface area is 157 Å². The first-order chi connectivity index (χ1) is 12.9. The maximum absolute atomic E-state index is 11.0. The minimum absolute atomic E-state index is 0.350. The maximum Gasteiger partial charge on any atom is 0.360 e. The number of rotatable bonds is 4. The van der Waals surface area contributed by atoms with Crippen molar-refractivity contribution in [2.75, 3.05) is 0 Å². The summed E-state index contributed by atoms with van der Waals surface area (Å²) >= 11 is 0. The van der Waals surface area contributed by atoms with Crippen LogP contribution in [0.15, 0.2) is 65.1 Å². The average molecular weight is 363 g/mol. The smallest absolute Gasteiger partial charge is 0.360 e. The Morgan fingerprint density at radius 1 is 0.704 bits per heavy atom. The third-order valence-electron chi connectivity index (χ3n) is 3.77. The third kappa shape index (κ3) is 4.79. The van der Waals surface area contributed by atoms with E-state index in [4.69, 9.17) is 13.9 Å². The second kappa shape index (κ2) is 7.83. The highest BCUT2D eigenvalue weighted by atomic mass is 16.5. The fourth-order valence-electron chi connectivity index (χ4n) is 2.68. The summed E-state index contributed by atoms with van der Waals surface area (Å²) in [6, 6.07) is 18.3. The fourth-order valence-corrected chi connectivity index (χ4v) is 2.68. The predicted molar refractivity (Wildman–Crippen MR) is 101 cm³/mol. The highest BCUT2D eigenvalue weighted by molar-refractivity contribution is 5.73. The molecule has 0 unspecified atom stereocenters. The first-order valence-corrected chi connectivity index (χ1v) is 8.43. The van der Waals surface area contributed by atoms with Crippen LogP contribution in [0.25, 0.3) is 22.5 Å². The molecule has 1 aromatic heterocycles. The number of benzene rings is 2. The van der Waals surface area contributed by atoms with Gasteiger partial charge in [0.25, 0.3) is 0 Å². The first-order valence-electron chi connectivity index (χ1n) is 8.43. The molecule has 1 heterocycles. The van der Waals surface area contributed by atoms with Crippen LogP contribution in [0.4, 0.5) is 0 Å². The molecule has 0 aliphatic heterocycles. The molecule has 0 fully saturated rings. The third-order valence-corrected chi connectivity index (χ3v) is 3.77. The van der Waals surface area contributed by atoms with Gasteiger partial charge in [-0.05, 0) is 42.0 Å². The minimum atomic E-state index is -0.359. The molecule has 0 radical (unpaired) electrons. The molecule has 0 atom stereocenters. The van der Waals surface area contributed by atoms with E-state index < -0.39 is 0 Å². The van der Waals surface area contributed by atoms with Crippen molar-refractivity contribution in [1.29, 1.82) is 0 Å². The van der Waals surface area contributed by atoms with Gasteiger partial charge in [0.15, 0.2) is 0 Å². The van der Waals surface area contributed by atoms with E-state index in [9.17, 15) is 9.59 Å². The van der Waals surface area contributed by atoms with Crippen LogP contribution in [0.1, 0.15) is 19.6 Å². The van der Waals surface area contributed by atoms with Crippen LogP contribution < -0.4 is 9.47 Å². The summed E-state index contributed by atoms with van der Waals surface area (Å²) in [5.74, 6) is 1.74. The van der Waals surface area contributed by atoms with Crippen molar-refractivity contribution in [3.63, 3.8) is 0 Å². The van der Waals surface area contributed by atoms with Gasteiger partial charge in [0, 0.05) is 25.5 Å². The van der Waals surface area contributed by atoms with Gasteiger partial charge in [-0.25, -0.2) is 4.42 Å². The second-order valence-electron chi connectivity index (χ2n) is 6.06. The van der Waals surface area contributed by atoms with E-state index in [2.05, 4.69) is 0 Å². The molecule has 5 nitrogen and oxygen atoms in total. The fraction of sp³-hybridized carbons (Fsp3) is 0.136. The molecular formula is C22H19O5+. The van der Waals surface area contributed by atoms with E-state index in [1.807, 2.05) is 43.3 Å². The lowest BCUT2D eigenvalue weighted by Gasteiger charge is -2.04. The molecule has 0 N–H and O–H groups in total. The molecule has 0 saturated carbocycles. The van der Waals surface area contributed by atoms with Gasteiger partial charge in [0.05, 0.1) is 18.6 Å². The van der Waals surface area contributed by atoms with Crippen molar-refractivity contribution in [3.8, 4) is 33.9 Å². The van der Waals surface area contributed by atoms with Gasteiger partial charge in [-0.3, -0.25) is 9.59 Å². The molecule has 3 rings (SSSR count). The van der Waals surface area contributed by atoms with Crippen molar-refractivity contribution in [1.82, 2.24) is 0 Å². The summed E-state index contributed by atoms with van der Waals surface area (Å²) in [6.45, 7) is 4.62. The molecule has 0 saturated heterocycles. The maximum atomic E-state index is 11.0. The van der Waals surface area contributed by atoms with Gasteiger partial charge in [0.2, 0.25) is 0 Å². The zero-order valence-corrected chi connectivity index (χ0v) is 15.3. The quantitative estimate of drug-likeness (QED) is 0.368. The standard InChI is InChI=1S/C22H19O5/c1-14-12-19(17-4-8-20(9-5-17)26-15(2)23)13-22(25-14)18-6-10-21(11-7-18)27-16(3)24/h4-13H,1-3H3/q+1. The summed E-state index contributed by atoms with van der Waals surface area (Å²) in [5.41, 5.74) is 2.82. The highest BCUT2D eigenvalue weighted by Gasteiger charge is 2.16. The Balaban J connectivity index is 1.90. The normalized spacial score (nSPS) is 10.3. The molecule has 0 aliphatic rings. The second-order valence-corrected chi connectivity index (χ2v) is 6.06. The van der Waals surface area contributed by atoms with Crippen LogP contribution >= 0.6 is 0 Å². The summed E-state index contributed by atoms with van der Waals surface area (Å²) in [4.78, 5) is 22.1. The lowest BCUT2D eigenvalue weighted by Crippen LogP contribution is -2.00. The van der Waals surface area contributed by atoms with Crippen LogP contribution in [-0.4, -0.2) is 11.9 Å². The lowest BCUT2D eigenvalue weighted by molar-refractivity contribution is -0.132. The SMILES string of the molecule is CC(=O)Oc1ccc(-c2cc(C)[o+]c(-c3ccc(OC(C)=O)cc3)c2)cc1. The largest absolute Gasteiger partial charge is 0.427 e. The number of carbonyl (C=O) groups is 2. The number of carbonyl (C=O) groups excluding carboxylic acids is 2. The van der Waals surface area contributed by atoms with Gasteiger partial charge in [-0.1, -0.05) is 12.1 Å². The zero-order valence-electron chi connectivity index (χ0n) is 15.3. The van der Waals surface area contributed by atoms with Crippen LogP contribution in [0.3, 0.4) is 0 Å². The molecular weight excluding hydrogens is 344 g/mol. The summed E-state index contributed by atoms with van der Waals surface area (Å²) in [5, 5.41) is 0. The topological polar surface area (TPSA) is 63.9 Å². The van der Waals surface area contributed by atoms with Crippen molar-refractivity contribution < 1.29 is 23.5 Å². The summed E-state index contributed by atoms with van der Waals surface area (Å²) < 4.78 is 16.0. The Hall–Kier alpha value is -3.47. The van der Waals surface area contributed by atoms with Crippen LogP contribution in [0, 0.1) is 6.92 Å². The van der Waals surface area contributed by atoms with Crippen molar-refractivity contribution in [2.45, 2.75) is 20.8 Å². The zero-order chi connectivity index (χ0) is 19.4. The van der Waals surface area contributed by atoms with Gasteiger partial charge in [0.1, 0.15) is 11.5 Å². The van der Waals surface area contributed by atoms with Gasteiger partial charge in [-0.2, -0.15) is 0 Å².